The maximum absolute atomic E-state index is 13.2. The van der Waals surface area contributed by atoms with Crippen LogP contribution in [0.5, 0.6) is 5.75 Å². The molecule has 0 aromatic heterocycles. The van der Waals surface area contributed by atoms with E-state index in [1.807, 2.05) is 0 Å². The number of aliphatic hydroxyl groups is 1. The van der Waals surface area contributed by atoms with E-state index < -0.39 is 23.8 Å². The van der Waals surface area contributed by atoms with Crippen LogP contribution in [-0.4, -0.2) is 30.5 Å². The highest BCUT2D eigenvalue weighted by molar-refractivity contribution is 5.25. The summed E-state index contributed by atoms with van der Waals surface area (Å²) in [6.45, 7) is 0.629. The molecule has 1 aliphatic heterocycles. The van der Waals surface area contributed by atoms with Crippen molar-refractivity contribution in [2.75, 3.05) is 13.2 Å². The van der Waals surface area contributed by atoms with E-state index in [2.05, 4.69) is 0 Å². The highest BCUT2D eigenvalue weighted by atomic mass is 19.1. The summed E-state index contributed by atoms with van der Waals surface area (Å²) in [5.41, 5.74) is 0. The zero-order chi connectivity index (χ0) is 11.5. The Bertz CT molecular complexity index is 370. The van der Waals surface area contributed by atoms with Crippen LogP contribution in [0, 0.1) is 11.6 Å². The Hall–Kier alpha value is -1.20. The predicted octanol–water partition coefficient (Wildman–Crippen LogP) is 1.49. The van der Waals surface area contributed by atoms with Gasteiger partial charge in [-0.2, -0.15) is 0 Å². The van der Waals surface area contributed by atoms with Crippen LogP contribution < -0.4 is 4.74 Å². The second kappa shape index (κ2) is 4.76. The molecule has 0 bridgehead atoms. The lowest BCUT2D eigenvalue weighted by molar-refractivity contribution is -0.0746. The van der Waals surface area contributed by atoms with Gasteiger partial charge in [0.2, 0.25) is 0 Å². The van der Waals surface area contributed by atoms with E-state index >= 15 is 0 Å². The molecule has 3 nitrogen and oxygen atoms in total. The van der Waals surface area contributed by atoms with Crippen molar-refractivity contribution in [1.29, 1.82) is 0 Å². The maximum atomic E-state index is 13.2. The molecular weight excluding hydrogens is 218 g/mol. The van der Waals surface area contributed by atoms with E-state index in [0.717, 1.165) is 18.2 Å². The Labute approximate surface area is 91.6 Å². The van der Waals surface area contributed by atoms with Gasteiger partial charge in [0.25, 0.3) is 0 Å². The molecule has 1 aromatic rings. The molecule has 0 aliphatic carbocycles. The average molecular weight is 230 g/mol. The molecular formula is C11H12F2O3. The molecule has 2 rings (SSSR count). The molecule has 1 aromatic carbocycles. The molecule has 2 unspecified atom stereocenters. The summed E-state index contributed by atoms with van der Waals surface area (Å²) in [7, 11) is 0. The SMILES string of the molecule is OC1CCOCC1Oc1cc(F)ccc1F. The third-order valence-corrected chi connectivity index (χ3v) is 2.44. The van der Waals surface area contributed by atoms with Crippen LogP contribution in [0.25, 0.3) is 0 Å². The second-order valence-corrected chi connectivity index (χ2v) is 3.66. The molecule has 1 fully saturated rings. The van der Waals surface area contributed by atoms with Gasteiger partial charge >= 0.3 is 0 Å². The van der Waals surface area contributed by atoms with Crippen LogP contribution in [0.2, 0.25) is 0 Å². The van der Waals surface area contributed by atoms with Crippen LogP contribution >= 0.6 is 0 Å². The largest absolute Gasteiger partial charge is 0.482 e. The minimum absolute atomic E-state index is 0.178. The lowest BCUT2D eigenvalue weighted by atomic mass is 10.1. The number of hydrogen-bond acceptors (Lipinski definition) is 3. The number of rotatable bonds is 2. The Morgan fingerprint density at radius 2 is 2.19 bits per heavy atom. The first kappa shape index (κ1) is 11.3. The first-order valence-electron chi connectivity index (χ1n) is 5.04. The standard InChI is InChI=1S/C11H12F2O3/c12-7-1-2-8(13)10(5-7)16-11-6-15-4-3-9(11)14/h1-2,5,9,11,14H,3-4,6H2. The monoisotopic (exact) mass is 230 g/mol. The predicted molar refractivity (Wildman–Crippen MR) is 52.2 cm³/mol. The molecule has 0 amide bonds. The normalized spacial score (nSPS) is 25.4. The molecule has 1 saturated heterocycles. The molecule has 0 radical (unpaired) electrons. The third kappa shape index (κ3) is 2.48. The zero-order valence-corrected chi connectivity index (χ0v) is 8.53. The Morgan fingerprint density at radius 1 is 1.38 bits per heavy atom. The quantitative estimate of drug-likeness (QED) is 0.836. The molecule has 1 aliphatic rings. The van der Waals surface area contributed by atoms with Crippen LogP contribution in [0.3, 0.4) is 0 Å². The molecule has 88 valence electrons. The van der Waals surface area contributed by atoms with Crippen molar-refractivity contribution in [2.24, 2.45) is 0 Å². The van der Waals surface area contributed by atoms with E-state index in [9.17, 15) is 13.9 Å². The molecule has 1 N–H and O–H groups in total. The molecule has 1 heterocycles. The lowest BCUT2D eigenvalue weighted by Gasteiger charge is -2.28. The lowest BCUT2D eigenvalue weighted by Crippen LogP contribution is -2.41. The van der Waals surface area contributed by atoms with Gasteiger partial charge in [0, 0.05) is 19.1 Å². The van der Waals surface area contributed by atoms with Gasteiger partial charge in [-0.15, -0.1) is 0 Å². The van der Waals surface area contributed by atoms with E-state index in [0.29, 0.717) is 13.0 Å². The van der Waals surface area contributed by atoms with E-state index in [-0.39, 0.29) is 12.4 Å². The van der Waals surface area contributed by atoms with Crippen molar-refractivity contribution in [3.05, 3.63) is 29.8 Å². The fourth-order valence-electron chi connectivity index (χ4n) is 1.54. The van der Waals surface area contributed by atoms with Gasteiger partial charge in [-0.05, 0) is 12.1 Å². The fourth-order valence-corrected chi connectivity index (χ4v) is 1.54. The maximum Gasteiger partial charge on any atom is 0.165 e. The minimum atomic E-state index is -0.712. The van der Waals surface area contributed by atoms with Crippen LogP contribution in [0.4, 0.5) is 8.78 Å². The van der Waals surface area contributed by atoms with Gasteiger partial charge in [-0.3, -0.25) is 0 Å². The average Bonchev–Trinajstić information content (AvgIpc) is 2.27. The van der Waals surface area contributed by atoms with Gasteiger partial charge in [0.05, 0.1) is 12.7 Å². The van der Waals surface area contributed by atoms with Gasteiger partial charge in [0.15, 0.2) is 11.6 Å². The van der Waals surface area contributed by atoms with Crippen molar-refractivity contribution >= 4 is 0 Å². The van der Waals surface area contributed by atoms with Crippen LogP contribution in [0.1, 0.15) is 6.42 Å². The van der Waals surface area contributed by atoms with Crippen molar-refractivity contribution in [1.82, 2.24) is 0 Å². The summed E-state index contributed by atoms with van der Waals surface area (Å²) in [6, 6.07) is 2.95. The molecule has 16 heavy (non-hydrogen) atoms. The van der Waals surface area contributed by atoms with Gasteiger partial charge < -0.3 is 14.6 Å². The number of ether oxygens (including phenoxy) is 2. The van der Waals surface area contributed by atoms with Gasteiger partial charge in [-0.1, -0.05) is 0 Å². The summed E-state index contributed by atoms with van der Waals surface area (Å²) >= 11 is 0. The summed E-state index contributed by atoms with van der Waals surface area (Å²) in [6.07, 6.45) is -0.928. The third-order valence-electron chi connectivity index (χ3n) is 2.44. The fraction of sp³-hybridized carbons (Fsp3) is 0.455. The first-order chi connectivity index (χ1) is 7.66. The second-order valence-electron chi connectivity index (χ2n) is 3.66. The summed E-state index contributed by atoms with van der Waals surface area (Å²) < 4.78 is 36.4. The molecule has 5 heteroatoms. The highest BCUT2D eigenvalue weighted by Gasteiger charge is 2.26. The Morgan fingerprint density at radius 3 is 2.94 bits per heavy atom. The number of aliphatic hydroxyl groups excluding tert-OH is 1. The van der Waals surface area contributed by atoms with Gasteiger partial charge in [0.1, 0.15) is 11.9 Å². The summed E-state index contributed by atoms with van der Waals surface area (Å²) in [4.78, 5) is 0. The zero-order valence-electron chi connectivity index (χ0n) is 8.53. The van der Waals surface area contributed by atoms with Crippen LogP contribution in [0.15, 0.2) is 18.2 Å². The smallest absolute Gasteiger partial charge is 0.165 e. The topological polar surface area (TPSA) is 38.7 Å². The Balaban J connectivity index is 2.10. The van der Waals surface area contributed by atoms with E-state index in [4.69, 9.17) is 9.47 Å². The number of hydrogen-bond donors (Lipinski definition) is 1. The number of halogens is 2. The minimum Gasteiger partial charge on any atom is -0.482 e. The van der Waals surface area contributed by atoms with Crippen molar-refractivity contribution in [3.8, 4) is 5.75 Å². The summed E-state index contributed by atoms with van der Waals surface area (Å²) in [5, 5.41) is 9.57. The van der Waals surface area contributed by atoms with Crippen molar-refractivity contribution in [2.45, 2.75) is 18.6 Å². The molecule has 2 atom stereocenters. The van der Waals surface area contributed by atoms with E-state index in [1.165, 1.54) is 0 Å². The van der Waals surface area contributed by atoms with E-state index in [1.54, 1.807) is 0 Å². The first-order valence-corrected chi connectivity index (χ1v) is 5.04. The van der Waals surface area contributed by atoms with Crippen molar-refractivity contribution in [3.63, 3.8) is 0 Å². The Kier molecular flexibility index (Phi) is 3.36. The van der Waals surface area contributed by atoms with Gasteiger partial charge in [-0.25, -0.2) is 8.78 Å². The molecule has 0 spiro atoms. The van der Waals surface area contributed by atoms with Crippen molar-refractivity contribution < 1.29 is 23.4 Å². The number of benzene rings is 1. The molecule has 0 saturated carbocycles. The van der Waals surface area contributed by atoms with Crippen LogP contribution in [-0.2, 0) is 4.74 Å². The highest BCUT2D eigenvalue weighted by Crippen LogP contribution is 2.22. The summed E-state index contributed by atoms with van der Waals surface area (Å²) in [5.74, 6) is -1.43.